The number of nitrogens with zero attached hydrogens (tertiary/aromatic N) is 1. The Hall–Kier alpha value is -1.04. The molecule has 1 amide bonds. The van der Waals surface area contributed by atoms with Crippen LogP contribution in [-0.2, 0) is 4.79 Å². The number of hydrogen-bond acceptors (Lipinski definition) is 2. The predicted octanol–water partition coefficient (Wildman–Crippen LogP) is 1.06. The highest BCUT2D eigenvalue weighted by Gasteiger charge is 2.11. The first kappa shape index (κ1) is 9.96. The van der Waals surface area contributed by atoms with Crippen molar-refractivity contribution < 1.29 is 4.79 Å². The minimum absolute atomic E-state index is 0.0441. The first-order valence-electron chi connectivity index (χ1n) is 3.81. The second-order valence-corrected chi connectivity index (χ2v) is 2.75. The smallest absolute Gasteiger partial charge is 0.223 e. The first-order chi connectivity index (χ1) is 5.11. The molecule has 0 aromatic heterocycles. The van der Waals surface area contributed by atoms with Gasteiger partial charge in [-0.3, -0.25) is 4.79 Å². The maximum absolute atomic E-state index is 11.0. The number of amides is 1. The standard InChI is InChI=1S/C8H14N2O/c1-4-7(5-9)10-8(11)6(2)3/h6-7H,4H2,1-3H3,(H,10,11). The summed E-state index contributed by atoms with van der Waals surface area (Å²) >= 11 is 0. The Balaban J connectivity index is 3.84. The molecule has 62 valence electrons. The van der Waals surface area contributed by atoms with Gasteiger partial charge in [-0.1, -0.05) is 20.8 Å². The third-order valence-corrected chi connectivity index (χ3v) is 1.40. The average molecular weight is 154 g/mol. The van der Waals surface area contributed by atoms with E-state index in [0.717, 1.165) is 0 Å². The van der Waals surface area contributed by atoms with Crippen LogP contribution < -0.4 is 5.32 Å². The Morgan fingerprint density at radius 2 is 2.18 bits per heavy atom. The van der Waals surface area contributed by atoms with Gasteiger partial charge >= 0.3 is 0 Å². The number of hydrogen-bond donors (Lipinski definition) is 1. The Labute approximate surface area is 67.4 Å². The summed E-state index contributed by atoms with van der Waals surface area (Å²) in [7, 11) is 0. The van der Waals surface area contributed by atoms with Gasteiger partial charge in [0.1, 0.15) is 6.04 Å². The van der Waals surface area contributed by atoms with Crippen LogP contribution in [0.25, 0.3) is 0 Å². The third kappa shape index (κ3) is 3.61. The molecule has 0 aromatic rings. The quantitative estimate of drug-likeness (QED) is 0.660. The number of rotatable bonds is 3. The van der Waals surface area contributed by atoms with Crippen LogP contribution in [0.15, 0.2) is 0 Å². The number of nitriles is 1. The van der Waals surface area contributed by atoms with Gasteiger partial charge < -0.3 is 5.32 Å². The Morgan fingerprint density at radius 1 is 1.64 bits per heavy atom. The van der Waals surface area contributed by atoms with Crippen LogP contribution in [0.3, 0.4) is 0 Å². The molecule has 0 fully saturated rings. The van der Waals surface area contributed by atoms with Crippen molar-refractivity contribution in [2.24, 2.45) is 5.92 Å². The molecule has 0 aliphatic carbocycles. The lowest BCUT2D eigenvalue weighted by molar-refractivity contribution is -0.124. The van der Waals surface area contributed by atoms with Crippen LogP contribution in [0.5, 0.6) is 0 Å². The van der Waals surface area contributed by atoms with Gasteiger partial charge in [-0.05, 0) is 6.42 Å². The molecule has 0 saturated heterocycles. The summed E-state index contributed by atoms with van der Waals surface area (Å²) in [5, 5.41) is 11.1. The Kier molecular flexibility index (Phi) is 4.28. The maximum atomic E-state index is 11.0. The van der Waals surface area contributed by atoms with Gasteiger partial charge in [-0.15, -0.1) is 0 Å². The molecule has 0 bridgehead atoms. The van der Waals surface area contributed by atoms with Crippen molar-refractivity contribution in [3.8, 4) is 6.07 Å². The molecule has 3 nitrogen and oxygen atoms in total. The van der Waals surface area contributed by atoms with E-state index in [0.29, 0.717) is 6.42 Å². The van der Waals surface area contributed by atoms with Crippen LogP contribution in [0, 0.1) is 17.2 Å². The molecule has 0 aromatic carbocycles. The highest BCUT2D eigenvalue weighted by Crippen LogP contribution is 1.94. The van der Waals surface area contributed by atoms with E-state index < -0.39 is 0 Å². The molecule has 1 atom stereocenters. The van der Waals surface area contributed by atoms with Crippen LogP contribution in [-0.4, -0.2) is 11.9 Å². The van der Waals surface area contributed by atoms with E-state index >= 15 is 0 Å². The maximum Gasteiger partial charge on any atom is 0.223 e. The van der Waals surface area contributed by atoms with Crippen LogP contribution in [0.1, 0.15) is 27.2 Å². The van der Waals surface area contributed by atoms with Crippen molar-refractivity contribution in [2.75, 3.05) is 0 Å². The van der Waals surface area contributed by atoms with Gasteiger partial charge in [-0.25, -0.2) is 0 Å². The third-order valence-electron chi connectivity index (χ3n) is 1.40. The van der Waals surface area contributed by atoms with E-state index in [1.165, 1.54) is 0 Å². The molecule has 0 aliphatic heterocycles. The number of carbonyl (C=O) groups excluding carboxylic acids is 1. The summed E-state index contributed by atoms with van der Waals surface area (Å²) in [6, 6.07) is 1.68. The van der Waals surface area contributed by atoms with E-state index in [2.05, 4.69) is 5.32 Å². The lowest BCUT2D eigenvalue weighted by atomic mass is 10.2. The van der Waals surface area contributed by atoms with Gasteiger partial charge in [0.05, 0.1) is 6.07 Å². The highest BCUT2D eigenvalue weighted by atomic mass is 16.1. The molecule has 0 radical (unpaired) electrons. The van der Waals surface area contributed by atoms with Crippen molar-refractivity contribution in [2.45, 2.75) is 33.2 Å². The monoisotopic (exact) mass is 154 g/mol. The van der Waals surface area contributed by atoms with Gasteiger partial charge in [0, 0.05) is 5.92 Å². The van der Waals surface area contributed by atoms with Crippen LogP contribution in [0.4, 0.5) is 0 Å². The van der Waals surface area contributed by atoms with Crippen LogP contribution in [0.2, 0.25) is 0 Å². The largest absolute Gasteiger partial charge is 0.340 e. The van der Waals surface area contributed by atoms with Crippen molar-refractivity contribution in [1.82, 2.24) is 5.32 Å². The zero-order valence-electron chi connectivity index (χ0n) is 7.22. The molecule has 0 rings (SSSR count). The molecule has 0 spiro atoms. The molecule has 1 N–H and O–H groups in total. The Morgan fingerprint density at radius 3 is 2.45 bits per heavy atom. The lowest BCUT2D eigenvalue weighted by Gasteiger charge is -2.10. The summed E-state index contributed by atoms with van der Waals surface area (Å²) in [5.74, 6) is -0.101. The van der Waals surface area contributed by atoms with E-state index in [-0.39, 0.29) is 17.9 Å². The van der Waals surface area contributed by atoms with Gasteiger partial charge in [-0.2, -0.15) is 5.26 Å². The molecule has 0 aliphatic rings. The second kappa shape index (κ2) is 4.73. The normalized spacial score (nSPS) is 12.3. The first-order valence-corrected chi connectivity index (χ1v) is 3.81. The van der Waals surface area contributed by atoms with Crippen molar-refractivity contribution in [3.05, 3.63) is 0 Å². The van der Waals surface area contributed by atoms with Gasteiger partial charge in [0.2, 0.25) is 5.91 Å². The van der Waals surface area contributed by atoms with Crippen LogP contribution >= 0.6 is 0 Å². The zero-order chi connectivity index (χ0) is 8.85. The number of nitrogens with one attached hydrogen (secondary N) is 1. The molecule has 1 unspecified atom stereocenters. The average Bonchev–Trinajstić information content (AvgIpc) is 1.99. The lowest BCUT2D eigenvalue weighted by Crippen LogP contribution is -2.35. The summed E-state index contributed by atoms with van der Waals surface area (Å²) in [5.41, 5.74) is 0. The molecule has 11 heavy (non-hydrogen) atoms. The van der Waals surface area contributed by atoms with E-state index in [9.17, 15) is 4.79 Å². The fraction of sp³-hybridized carbons (Fsp3) is 0.750. The van der Waals surface area contributed by atoms with E-state index in [1.54, 1.807) is 13.8 Å². The summed E-state index contributed by atoms with van der Waals surface area (Å²) < 4.78 is 0. The fourth-order valence-electron chi connectivity index (χ4n) is 0.564. The van der Waals surface area contributed by atoms with Crippen molar-refractivity contribution >= 4 is 5.91 Å². The molecule has 0 saturated carbocycles. The highest BCUT2D eigenvalue weighted by molar-refractivity contribution is 5.78. The topological polar surface area (TPSA) is 52.9 Å². The molecule has 3 heteroatoms. The summed E-state index contributed by atoms with van der Waals surface area (Å²) in [4.78, 5) is 11.0. The molecule has 0 heterocycles. The minimum atomic E-state index is -0.329. The zero-order valence-corrected chi connectivity index (χ0v) is 7.22. The number of carbonyl (C=O) groups is 1. The molecular formula is C8H14N2O. The molecular weight excluding hydrogens is 140 g/mol. The van der Waals surface area contributed by atoms with Gasteiger partial charge in [0.15, 0.2) is 0 Å². The van der Waals surface area contributed by atoms with Crippen molar-refractivity contribution in [1.29, 1.82) is 5.26 Å². The van der Waals surface area contributed by atoms with Crippen molar-refractivity contribution in [3.63, 3.8) is 0 Å². The Bertz CT molecular complexity index is 169. The van der Waals surface area contributed by atoms with E-state index in [1.807, 2.05) is 13.0 Å². The second-order valence-electron chi connectivity index (χ2n) is 2.75. The summed E-state index contributed by atoms with van der Waals surface area (Å²) in [6.45, 7) is 5.48. The SMILES string of the molecule is CCC(C#N)NC(=O)C(C)C. The van der Waals surface area contributed by atoms with E-state index in [4.69, 9.17) is 5.26 Å². The summed E-state index contributed by atoms with van der Waals surface area (Å²) in [6.07, 6.45) is 0.662. The predicted molar refractivity (Wildman–Crippen MR) is 42.7 cm³/mol. The fourth-order valence-corrected chi connectivity index (χ4v) is 0.564. The minimum Gasteiger partial charge on any atom is -0.340 e. The van der Waals surface area contributed by atoms with Gasteiger partial charge in [0.25, 0.3) is 0 Å².